The lowest BCUT2D eigenvalue weighted by molar-refractivity contribution is -0.141. The number of para-hydroxylation sites is 1. The third-order valence-electron chi connectivity index (χ3n) is 4.57. The van der Waals surface area contributed by atoms with Gasteiger partial charge >= 0.3 is 5.97 Å². The molecule has 1 heterocycles. The van der Waals surface area contributed by atoms with Crippen LogP contribution < -0.4 is 9.80 Å². The van der Waals surface area contributed by atoms with Crippen molar-refractivity contribution in [3.8, 4) is 0 Å². The summed E-state index contributed by atoms with van der Waals surface area (Å²) in [5.74, 6) is -0.350. The van der Waals surface area contributed by atoms with Crippen LogP contribution in [0.25, 0.3) is 0 Å². The summed E-state index contributed by atoms with van der Waals surface area (Å²) in [4.78, 5) is 28.5. The zero-order valence-electron chi connectivity index (χ0n) is 14.7. The van der Waals surface area contributed by atoms with E-state index in [0.29, 0.717) is 12.1 Å². The fourth-order valence-electron chi connectivity index (χ4n) is 3.22. The van der Waals surface area contributed by atoms with Crippen LogP contribution in [0.4, 0.5) is 11.4 Å². The summed E-state index contributed by atoms with van der Waals surface area (Å²) < 4.78 is 4.80. The van der Waals surface area contributed by atoms with Gasteiger partial charge in [0.2, 0.25) is 0 Å². The van der Waals surface area contributed by atoms with E-state index in [1.807, 2.05) is 67.5 Å². The monoisotopic (exact) mass is 338 g/mol. The maximum Gasteiger partial charge on any atom is 0.306 e. The highest BCUT2D eigenvalue weighted by atomic mass is 16.5. The Morgan fingerprint density at radius 3 is 2.64 bits per heavy atom. The molecule has 1 aliphatic rings. The van der Waals surface area contributed by atoms with Crippen molar-refractivity contribution in [2.75, 3.05) is 37.5 Å². The molecule has 1 atom stereocenters. The first kappa shape index (κ1) is 17.0. The summed E-state index contributed by atoms with van der Waals surface area (Å²) in [7, 11) is 5.28. The normalized spacial score (nSPS) is 15.6. The first-order valence-corrected chi connectivity index (χ1v) is 8.26. The van der Waals surface area contributed by atoms with Crippen LogP contribution >= 0.6 is 0 Å². The standard InChI is InChI=1S/C20H22N2O3/c1-21(2)16-8-6-7-14(11-16)20(24)22-13-15(12-19(23)25-3)17-9-4-5-10-18(17)22/h4-11,15H,12-13H2,1-3H3. The second-order valence-corrected chi connectivity index (χ2v) is 6.40. The molecule has 1 unspecified atom stereocenters. The van der Waals surface area contributed by atoms with Crippen molar-refractivity contribution in [1.82, 2.24) is 0 Å². The van der Waals surface area contributed by atoms with Gasteiger partial charge in [-0.15, -0.1) is 0 Å². The number of ether oxygens (including phenoxy) is 1. The summed E-state index contributed by atoms with van der Waals surface area (Å²) in [5.41, 5.74) is 3.51. The average molecular weight is 338 g/mol. The number of hydrogen-bond acceptors (Lipinski definition) is 4. The third-order valence-corrected chi connectivity index (χ3v) is 4.57. The maximum absolute atomic E-state index is 13.1. The van der Waals surface area contributed by atoms with Gasteiger partial charge in [0, 0.05) is 43.5 Å². The molecule has 2 aromatic rings. The van der Waals surface area contributed by atoms with Crippen LogP contribution in [0.1, 0.15) is 28.3 Å². The molecule has 0 aliphatic carbocycles. The number of carbonyl (C=O) groups excluding carboxylic acids is 2. The molecule has 0 bridgehead atoms. The van der Waals surface area contributed by atoms with Gasteiger partial charge in [-0.2, -0.15) is 0 Å². The van der Waals surface area contributed by atoms with Crippen molar-refractivity contribution >= 4 is 23.3 Å². The molecule has 0 N–H and O–H groups in total. The number of hydrogen-bond donors (Lipinski definition) is 0. The number of methoxy groups -OCH3 is 1. The zero-order valence-corrected chi connectivity index (χ0v) is 14.7. The van der Waals surface area contributed by atoms with Crippen LogP contribution in [0, 0.1) is 0 Å². The van der Waals surface area contributed by atoms with Crippen molar-refractivity contribution in [1.29, 1.82) is 0 Å². The lowest BCUT2D eigenvalue weighted by Crippen LogP contribution is -2.30. The summed E-state index contributed by atoms with van der Waals surface area (Å²) in [6.07, 6.45) is 0.273. The lowest BCUT2D eigenvalue weighted by Gasteiger charge is -2.19. The molecule has 25 heavy (non-hydrogen) atoms. The Labute approximate surface area is 147 Å². The molecule has 0 spiro atoms. The first-order valence-electron chi connectivity index (χ1n) is 8.26. The molecular weight excluding hydrogens is 316 g/mol. The van der Waals surface area contributed by atoms with E-state index in [1.165, 1.54) is 7.11 Å². The molecule has 2 aromatic carbocycles. The van der Waals surface area contributed by atoms with Crippen LogP contribution in [0.5, 0.6) is 0 Å². The van der Waals surface area contributed by atoms with E-state index < -0.39 is 0 Å². The molecule has 0 fully saturated rings. The minimum Gasteiger partial charge on any atom is -0.469 e. The highest BCUT2D eigenvalue weighted by Crippen LogP contribution is 2.39. The highest BCUT2D eigenvalue weighted by Gasteiger charge is 2.34. The van der Waals surface area contributed by atoms with Crippen molar-refractivity contribution in [3.63, 3.8) is 0 Å². The van der Waals surface area contributed by atoms with Crippen molar-refractivity contribution in [3.05, 3.63) is 59.7 Å². The van der Waals surface area contributed by atoms with Crippen LogP contribution in [0.15, 0.2) is 48.5 Å². The fraction of sp³-hybridized carbons (Fsp3) is 0.300. The molecule has 1 aliphatic heterocycles. The van der Waals surface area contributed by atoms with Gasteiger partial charge in [0.15, 0.2) is 0 Å². The minimum absolute atomic E-state index is 0.0374. The van der Waals surface area contributed by atoms with Gasteiger partial charge in [0.1, 0.15) is 0 Å². The largest absolute Gasteiger partial charge is 0.469 e. The number of amides is 1. The summed E-state index contributed by atoms with van der Waals surface area (Å²) in [5, 5.41) is 0. The summed E-state index contributed by atoms with van der Waals surface area (Å²) in [6.45, 7) is 0.486. The van der Waals surface area contributed by atoms with Crippen LogP contribution in [-0.2, 0) is 9.53 Å². The number of nitrogens with zero attached hydrogens (tertiary/aromatic N) is 2. The summed E-state index contributed by atoms with van der Waals surface area (Å²) in [6, 6.07) is 15.3. The molecule has 5 heteroatoms. The van der Waals surface area contributed by atoms with Gasteiger partial charge in [-0.25, -0.2) is 0 Å². The maximum atomic E-state index is 13.1. The van der Waals surface area contributed by atoms with E-state index in [4.69, 9.17) is 4.74 Å². The second kappa shape index (κ2) is 6.97. The van der Waals surface area contributed by atoms with E-state index >= 15 is 0 Å². The van der Waals surface area contributed by atoms with E-state index in [0.717, 1.165) is 16.9 Å². The third kappa shape index (κ3) is 3.36. The molecule has 0 saturated carbocycles. The van der Waals surface area contributed by atoms with Gasteiger partial charge in [0.05, 0.1) is 13.5 Å². The number of rotatable bonds is 4. The van der Waals surface area contributed by atoms with E-state index in [2.05, 4.69) is 0 Å². The van der Waals surface area contributed by atoms with E-state index in [-0.39, 0.29) is 24.2 Å². The van der Waals surface area contributed by atoms with Crippen molar-refractivity contribution < 1.29 is 14.3 Å². The van der Waals surface area contributed by atoms with Crippen molar-refractivity contribution in [2.45, 2.75) is 12.3 Å². The molecule has 5 nitrogen and oxygen atoms in total. The Hall–Kier alpha value is -2.82. The van der Waals surface area contributed by atoms with Crippen LogP contribution in [0.3, 0.4) is 0 Å². The highest BCUT2D eigenvalue weighted by molar-refractivity contribution is 6.08. The number of benzene rings is 2. The number of fused-ring (bicyclic) bond motifs is 1. The molecular formula is C20H22N2O3. The molecule has 1 amide bonds. The Balaban J connectivity index is 1.91. The number of carbonyl (C=O) groups is 2. The van der Waals surface area contributed by atoms with Crippen LogP contribution in [0.2, 0.25) is 0 Å². The van der Waals surface area contributed by atoms with Gasteiger partial charge in [-0.05, 0) is 29.8 Å². The number of esters is 1. The molecule has 0 radical (unpaired) electrons. The lowest BCUT2D eigenvalue weighted by atomic mass is 9.98. The van der Waals surface area contributed by atoms with Crippen LogP contribution in [-0.4, -0.2) is 39.6 Å². The van der Waals surface area contributed by atoms with E-state index in [9.17, 15) is 9.59 Å². The minimum atomic E-state index is -0.260. The van der Waals surface area contributed by atoms with Gasteiger partial charge < -0.3 is 14.5 Å². The average Bonchev–Trinajstić information content (AvgIpc) is 2.99. The Kier molecular flexibility index (Phi) is 4.74. The Bertz CT molecular complexity index is 801. The Morgan fingerprint density at radius 1 is 1.16 bits per heavy atom. The topological polar surface area (TPSA) is 49.9 Å². The van der Waals surface area contributed by atoms with Crippen molar-refractivity contribution in [2.24, 2.45) is 0 Å². The quantitative estimate of drug-likeness (QED) is 0.804. The van der Waals surface area contributed by atoms with Gasteiger partial charge in [-0.3, -0.25) is 9.59 Å². The zero-order chi connectivity index (χ0) is 18.0. The molecule has 0 saturated heterocycles. The predicted octanol–water partition coefficient (Wildman–Crippen LogP) is 3.06. The van der Waals surface area contributed by atoms with Gasteiger partial charge in [0.25, 0.3) is 5.91 Å². The smallest absolute Gasteiger partial charge is 0.306 e. The summed E-state index contributed by atoms with van der Waals surface area (Å²) >= 11 is 0. The van der Waals surface area contributed by atoms with Gasteiger partial charge in [-0.1, -0.05) is 24.3 Å². The SMILES string of the molecule is COC(=O)CC1CN(C(=O)c2cccc(N(C)C)c2)c2ccccc21. The second-order valence-electron chi connectivity index (χ2n) is 6.40. The molecule has 3 rings (SSSR count). The molecule has 0 aromatic heterocycles. The number of anilines is 2. The first-order chi connectivity index (χ1) is 12.0. The van der Waals surface area contributed by atoms with E-state index in [1.54, 1.807) is 4.90 Å². The Morgan fingerprint density at radius 2 is 1.92 bits per heavy atom. The molecule has 130 valence electrons. The predicted molar refractivity (Wildman–Crippen MR) is 98.3 cm³/mol. The fourth-order valence-corrected chi connectivity index (χ4v) is 3.22.